The van der Waals surface area contributed by atoms with Crippen molar-refractivity contribution in [1.82, 2.24) is 0 Å². The van der Waals surface area contributed by atoms with Crippen LogP contribution in [-0.2, 0) is 39.8 Å². The summed E-state index contributed by atoms with van der Waals surface area (Å²) in [6, 6.07) is 10.1. The minimum atomic E-state index is -0.750. The smallest absolute Gasteiger partial charge is 0.431 e. The van der Waals surface area contributed by atoms with Gasteiger partial charge in [0.2, 0.25) is 0 Å². The molecule has 4 aliphatic carbocycles. The molecule has 2 aliphatic heterocycles. The normalized spacial score (nSPS) is 39.2. The van der Waals surface area contributed by atoms with Crippen molar-refractivity contribution in [3.8, 4) is 0 Å². The van der Waals surface area contributed by atoms with Crippen LogP contribution in [-0.4, -0.2) is 60.5 Å². The summed E-state index contributed by atoms with van der Waals surface area (Å²) in [6.45, 7) is 7.03. The van der Waals surface area contributed by atoms with E-state index in [1.54, 1.807) is 0 Å². The maximum atomic E-state index is 13.7. The molecule has 0 bridgehead atoms. The average Bonchev–Trinajstić information content (AvgIpc) is 3.56. The van der Waals surface area contributed by atoms with E-state index in [0.29, 0.717) is 24.4 Å². The Hall–Kier alpha value is -1.71. The summed E-state index contributed by atoms with van der Waals surface area (Å²) in [6.07, 6.45) is 9.09. The Balaban J connectivity index is 1.18. The summed E-state index contributed by atoms with van der Waals surface area (Å²) in [5.74, 6) is -0.0863. The number of ether oxygens (including phenoxy) is 7. The highest BCUT2D eigenvalue weighted by atomic mass is 16.8. The summed E-state index contributed by atoms with van der Waals surface area (Å²) >= 11 is 0. The number of hydrogen-bond donors (Lipinski definition) is 0. The predicted octanol–water partition coefficient (Wildman–Crippen LogP) is 7.46. The zero-order valence-corrected chi connectivity index (χ0v) is 26.8. The first-order valence-corrected chi connectivity index (χ1v) is 17.6. The molecule has 0 N–H and O–H groups in total. The lowest BCUT2D eigenvalue weighted by Crippen LogP contribution is -2.63. The molecule has 1 aromatic carbocycles. The van der Waals surface area contributed by atoms with E-state index in [1.807, 2.05) is 30.3 Å². The van der Waals surface area contributed by atoms with Gasteiger partial charge in [0.25, 0.3) is 0 Å². The van der Waals surface area contributed by atoms with Crippen molar-refractivity contribution in [3.05, 3.63) is 35.9 Å². The van der Waals surface area contributed by atoms with E-state index >= 15 is 0 Å². The molecule has 0 aromatic heterocycles. The third kappa shape index (κ3) is 6.18. The third-order valence-electron chi connectivity index (χ3n) is 11.3. The molecule has 8 nitrogen and oxygen atoms in total. The molecule has 0 unspecified atom stereocenters. The summed E-state index contributed by atoms with van der Waals surface area (Å²) in [5, 5.41) is 0. The Morgan fingerprint density at radius 2 is 1.34 bits per heavy atom. The molecule has 6 fully saturated rings. The van der Waals surface area contributed by atoms with Crippen molar-refractivity contribution in [2.45, 2.75) is 165 Å². The molecule has 2 spiro atoms. The zero-order valence-electron chi connectivity index (χ0n) is 26.8. The van der Waals surface area contributed by atoms with Gasteiger partial charge >= 0.3 is 6.16 Å². The second-order valence-electron chi connectivity index (χ2n) is 14.8. The Kier molecular flexibility index (Phi) is 9.01. The van der Waals surface area contributed by atoms with Gasteiger partial charge in [-0.25, -0.2) is 4.79 Å². The van der Waals surface area contributed by atoms with E-state index in [2.05, 4.69) is 20.8 Å². The van der Waals surface area contributed by atoms with E-state index in [1.165, 1.54) is 12.8 Å². The number of benzene rings is 1. The first-order chi connectivity index (χ1) is 21.3. The molecule has 244 valence electrons. The number of carbonyl (C=O) groups excluding carboxylic acids is 1. The highest BCUT2D eigenvalue weighted by molar-refractivity contribution is 5.60. The fraction of sp³-hybridized carbons (Fsp3) is 0.806. The SMILES string of the molecule is CC(C)[C@@H]1CC[C@@H](C)C[C@H]1OC(=O)O[C@@H]1[C@H](OCc2ccccc2)[C@@H]2OC3(CCCCC3)O[C@H]2[C@@H]2OC3(CCCCC3)O[C@H]12. The van der Waals surface area contributed by atoms with Crippen LogP contribution < -0.4 is 0 Å². The van der Waals surface area contributed by atoms with Crippen molar-refractivity contribution in [1.29, 1.82) is 0 Å². The van der Waals surface area contributed by atoms with Crippen molar-refractivity contribution in [2.24, 2.45) is 17.8 Å². The second-order valence-corrected chi connectivity index (χ2v) is 14.8. The molecule has 8 heteroatoms. The highest BCUT2D eigenvalue weighted by Crippen LogP contribution is 2.52. The highest BCUT2D eigenvalue weighted by Gasteiger charge is 2.67. The van der Waals surface area contributed by atoms with Crippen molar-refractivity contribution in [3.63, 3.8) is 0 Å². The largest absolute Gasteiger partial charge is 0.509 e. The topological polar surface area (TPSA) is 81.7 Å². The fourth-order valence-corrected chi connectivity index (χ4v) is 8.96. The van der Waals surface area contributed by atoms with Gasteiger partial charge in [-0.05, 0) is 61.8 Å². The maximum Gasteiger partial charge on any atom is 0.509 e. The van der Waals surface area contributed by atoms with E-state index < -0.39 is 48.2 Å². The van der Waals surface area contributed by atoms with Gasteiger partial charge in [0.05, 0.1) is 6.61 Å². The number of carbonyl (C=O) groups is 1. The van der Waals surface area contributed by atoms with Gasteiger partial charge < -0.3 is 33.2 Å². The molecule has 4 saturated carbocycles. The number of hydrogen-bond acceptors (Lipinski definition) is 8. The number of fused-ring (bicyclic) bond motifs is 3. The van der Waals surface area contributed by atoms with E-state index in [-0.39, 0.29) is 12.2 Å². The van der Waals surface area contributed by atoms with Crippen LogP contribution in [0.1, 0.15) is 110 Å². The molecular formula is C36H52O8. The molecule has 44 heavy (non-hydrogen) atoms. The molecule has 2 saturated heterocycles. The quantitative estimate of drug-likeness (QED) is 0.306. The minimum Gasteiger partial charge on any atom is -0.431 e. The van der Waals surface area contributed by atoms with Crippen molar-refractivity contribution >= 4 is 6.16 Å². The van der Waals surface area contributed by atoms with Crippen molar-refractivity contribution < 1.29 is 38.0 Å². The van der Waals surface area contributed by atoms with Crippen LogP contribution >= 0.6 is 0 Å². The molecule has 0 radical (unpaired) electrons. The summed E-state index contributed by atoms with van der Waals surface area (Å²) in [7, 11) is 0. The molecule has 1 aromatic rings. The van der Waals surface area contributed by atoms with Crippen LogP contribution in [0.15, 0.2) is 30.3 Å². The molecule has 2 heterocycles. The standard InChI is InChI=1S/C36H52O8/c1-23(2)26-16-15-24(3)21-27(26)39-34(37)40-29-28(38-22-25-13-7-4-8-14-25)30-32(43-35(41-30)17-9-5-10-18-35)33-31(29)42-36(44-33)19-11-6-12-20-36/h4,7-8,13-14,23-24,26-33H,5-6,9-12,15-22H2,1-3H3/t24-,26+,27-,28+,29-,30+,31-,32-,33-/m1/s1. The molecule has 7 rings (SSSR count). The first kappa shape index (κ1) is 30.9. The van der Waals surface area contributed by atoms with Crippen molar-refractivity contribution in [2.75, 3.05) is 0 Å². The van der Waals surface area contributed by atoms with Crippen LogP contribution in [0.25, 0.3) is 0 Å². The van der Waals surface area contributed by atoms with Crippen LogP contribution in [0.4, 0.5) is 4.79 Å². The third-order valence-corrected chi connectivity index (χ3v) is 11.3. The number of rotatable bonds is 6. The summed E-state index contributed by atoms with van der Waals surface area (Å²) in [5.41, 5.74) is 1.04. The van der Waals surface area contributed by atoms with Crippen LogP contribution in [0, 0.1) is 17.8 Å². The van der Waals surface area contributed by atoms with Gasteiger partial charge in [-0.2, -0.15) is 0 Å². The van der Waals surface area contributed by atoms with E-state index in [0.717, 1.165) is 76.2 Å². The lowest BCUT2D eigenvalue weighted by Gasteiger charge is -2.42. The molecule has 6 aliphatic rings. The minimum absolute atomic E-state index is 0.163. The Morgan fingerprint density at radius 3 is 1.93 bits per heavy atom. The van der Waals surface area contributed by atoms with Gasteiger partial charge in [0, 0.05) is 25.7 Å². The average molecular weight is 613 g/mol. The van der Waals surface area contributed by atoms with E-state index in [9.17, 15) is 4.79 Å². The molecular weight excluding hydrogens is 560 g/mol. The molecule has 9 atom stereocenters. The van der Waals surface area contributed by atoms with Gasteiger partial charge in [-0.1, -0.05) is 70.4 Å². The van der Waals surface area contributed by atoms with Crippen LogP contribution in [0.2, 0.25) is 0 Å². The summed E-state index contributed by atoms with van der Waals surface area (Å²) < 4.78 is 46.7. The van der Waals surface area contributed by atoms with Gasteiger partial charge in [-0.3, -0.25) is 0 Å². The predicted molar refractivity (Wildman–Crippen MR) is 163 cm³/mol. The van der Waals surface area contributed by atoms with Gasteiger partial charge in [0.15, 0.2) is 17.7 Å². The maximum absolute atomic E-state index is 13.7. The van der Waals surface area contributed by atoms with Crippen LogP contribution in [0.5, 0.6) is 0 Å². The molecule has 0 amide bonds. The van der Waals surface area contributed by atoms with Gasteiger partial charge in [-0.15, -0.1) is 0 Å². The first-order valence-electron chi connectivity index (χ1n) is 17.6. The van der Waals surface area contributed by atoms with E-state index in [4.69, 9.17) is 33.2 Å². The Bertz CT molecular complexity index is 1110. The van der Waals surface area contributed by atoms with Gasteiger partial charge in [0.1, 0.15) is 36.6 Å². The lowest BCUT2D eigenvalue weighted by atomic mass is 9.75. The second kappa shape index (κ2) is 12.8. The fourth-order valence-electron chi connectivity index (χ4n) is 8.96. The van der Waals surface area contributed by atoms with Crippen LogP contribution in [0.3, 0.4) is 0 Å². The lowest BCUT2D eigenvalue weighted by molar-refractivity contribution is -0.229. The zero-order chi connectivity index (χ0) is 30.3. The Labute approximate surface area is 262 Å². The summed E-state index contributed by atoms with van der Waals surface area (Å²) in [4.78, 5) is 13.7. The monoisotopic (exact) mass is 612 g/mol. The Morgan fingerprint density at radius 1 is 0.773 bits per heavy atom.